The number of ether oxygens (including phenoxy) is 2. The van der Waals surface area contributed by atoms with Crippen molar-refractivity contribution in [1.82, 2.24) is 4.90 Å². The van der Waals surface area contributed by atoms with Crippen LogP contribution in [0.1, 0.15) is 58.8 Å². The summed E-state index contributed by atoms with van der Waals surface area (Å²) in [6.07, 6.45) is 2.13. The van der Waals surface area contributed by atoms with Gasteiger partial charge in [-0.1, -0.05) is 26.7 Å². The molecule has 0 aromatic rings. The van der Waals surface area contributed by atoms with Gasteiger partial charge in [0.15, 0.2) is 0 Å². The van der Waals surface area contributed by atoms with E-state index >= 15 is 0 Å². The minimum atomic E-state index is -1.32. The first kappa shape index (κ1) is 22.2. The van der Waals surface area contributed by atoms with E-state index in [0.29, 0.717) is 37.1 Å². The second-order valence-electron chi connectivity index (χ2n) is 5.44. The number of hydrogen-bond donors (Lipinski definition) is 2. The van der Waals surface area contributed by atoms with Crippen molar-refractivity contribution in [1.29, 1.82) is 0 Å². The normalized spacial score (nSPS) is 11.6. The van der Waals surface area contributed by atoms with Gasteiger partial charge in [-0.2, -0.15) is 4.90 Å². The molecule has 0 spiro atoms. The third kappa shape index (κ3) is 8.71. The van der Waals surface area contributed by atoms with E-state index < -0.39 is 24.2 Å². The van der Waals surface area contributed by atoms with Gasteiger partial charge in [0, 0.05) is 0 Å². The van der Waals surface area contributed by atoms with Crippen LogP contribution in [0, 0.1) is 0 Å². The maximum Gasteiger partial charge on any atom is 0.420 e. The lowest BCUT2D eigenvalue weighted by Crippen LogP contribution is -2.49. The van der Waals surface area contributed by atoms with Crippen LogP contribution in [-0.4, -0.2) is 54.0 Å². The summed E-state index contributed by atoms with van der Waals surface area (Å²) in [5.74, 6) is -1.27. The van der Waals surface area contributed by atoms with Gasteiger partial charge >= 0.3 is 18.2 Å². The molecule has 3 N–H and O–H groups in total. The highest BCUT2D eigenvalue weighted by Gasteiger charge is 2.36. The van der Waals surface area contributed by atoms with Gasteiger partial charge < -0.3 is 20.3 Å². The van der Waals surface area contributed by atoms with E-state index in [1.165, 1.54) is 0 Å². The molecule has 2 amide bonds. The van der Waals surface area contributed by atoms with Gasteiger partial charge in [-0.3, -0.25) is 0 Å². The van der Waals surface area contributed by atoms with E-state index in [-0.39, 0.29) is 19.6 Å². The first-order chi connectivity index (χ1) is 11.5. The number of imide groups is 1. The fourth-order valence-electron chi connectivity index (χ4n) is 1.92. The van der Waals surface area contributed by atoms with Crippen molar-refractivity contribution in [2.24, 2.45) is 5.73 Å². The number of aliphatic carboxylic acids is 1. The van der Waals surface area contributed by atoms with Gasteiger partial charge in [0.1, 0.15) is 6.04 Å². The van der Waals surface area contributed by atoms with Crippen LogP contribution >= 0.6 is 0 Å². The van der Waals surface area contributed by atoms with E-state index in [0.717, 1.165) is 12.8 Å². The van der Waals surface area contributed by atoms with Crippen molar-refractivity contribution in [3.8, 4) is 0 Å². The van der Waals surface area contributed by atoms with Crippen LogP contribution in [0.15, 0.2) is 0 Å². The predicted octanol–water partition coefficient (Wildman–Crippen LogP) is 2.74. The molecule has 0 radical (unpaired) electrons. The van der Waals surface area contributed by atoms with E-state index in [9.17, 15) is 19.5 Å². The average Bonchev–Trinajstić information content (AvgIpc) is 2.54. The average molecular weight is 346 g/mol. The lowest BCUT2D eigenvalue weighted by molar-refractivity contribution is -0.142. The van der Waals surface area contributed by atoms with Crippen LogP contribution in [0.25, 0.3) is 0 Å². The van der Waals surface area contributed by atoms with Gasteiger partial charge in [0.05, 0.1) is 13.2 Å². The summed E-state index contributed by atoms with van der Waals surface area (Å²) < 4.78 is 10.0. The highest BCUT2D eigenvalue weighted by atomic mass is 16.6. The fourth-order valence-corrected chi connectivity index (χ4v) is 1.92. The molecule has 0 aromatic carbocycles. The summed E-state index contributed by atoms with van der Waals surface area (Å²) in [6.45, 7) is 4.52. The minimum absolute atomic E-state index is 0.109. The largest absolute Gasteiger partial charge is 0.480 e. The van der Waals surface area contributed by atoms with Gasteiger partial charge in [0.2, 0.25) is 0 Å². The van der Waals surface area contributed by atoms with Crippen molar-refractivity contribution in [3.63, 3.8) is 0 Å². The number of carboxylic acid groups (broad SMARTS) is 1. The molecule has 1 unspecified atom stereocenters. The van der Waals surface area contributed by atoms with Crippen molar-refractivity contribution in [2.75, 3.05) is 19.8 Å². The SMILES string of the molecule is CCCCOC(=O)N(C(=O)OCCCC)C(CCCCN)C(=O)O. The predicted molar refractivity (Wildman–Crippen MR) is 88.7 cm³/mol. The molecule has 0 fully saturated rings. The molecule has 0 saturated heterocycles. The lowest BCUT2D eigenvalue weighted by Gasteiger charge is -2.25. The van der Waals surface area contributed by atoms with E-state index in [1.807, 2.05) is 13.8 Å². The maximum absolute atomic E-state index is 12.2. The van der Waals surface area contributed by atoms with Crippen LogP contribution in [0.2, 0.25) is 0 Å². The highest BCUT2D eigenvalue weighted by molar-refractivity contribution is 5.93. The zero-order valence-corrected chi connectivity index (χ0v) is 14.7. The molecule has 0 aromatic heterocycles. The van der Waals surface area contributed by atoms with Gasteiger partial charge in [-0.25, -0.2) is 14.4 Å². The Morgan fingerprint density at radius 2 is 1.46 bits per heavy atom. The summed E-state index contributed by atoms with van der Waals surface area (Å²) in [7, 11) is 0. The number of carboxylic acids is 1. The molecule has 0 saturated carbocycles. The Bertz CT molecular complexity index is 367. The zero-order chi connectivity index (χ0) is 18.4. The summed E-state index contributed by atoms with van der Waals surface area (Å²) in [5, 5.41) is 9.40. The van der Waals surface area contributed by atoms with Crippen LogP contribution in [0.5, 0.6) is 0 Å². The maximum atomic E-state index is 12.2. The first-order valence-corrected chi connectivity index (χ1v) is 8.55. The van der Waals surface area contributed by atoms with Gasteiger partial charge in [-0.15, -0.1) is 0 Å². The lowest BCUT2D eigenvalue weighted by atomic mass is 10.1. The molecule has 0 aliphatic carbocycles. The summed E-state index contributed by atoms with van der Waals surface area (Å²) >= 11 is 0. The number of hydrogen-bond acceptors (Lipinski definition) is 6. The Balaban J connectivity index is 5.04. The number of carbonyl (C=O) groups excluding carboxylic acids is 2. The smallest absolute Gasteiger partial charge is 0.420 e. The first-order valence-electron chi connectivity index (χ1n) is 8.55. The Labute approximate surface area is 143 Å². The number of rotatable bonds is 12. The van der Waals surface area contributed by atoms with Crippen LogP contribution in [0.4, 0.5) is 9.59 Å². The standard InChI is InChI=1S/C16H30N2O6/c1-3-5-11-23-15(21)18(16(22)24-12-6-4-2)13(14(19)20)9-7-8-10-17/h13H,3-12,17H2,1-2H3,(H,19,20). The second-order valence-corrected chi connectivity index (χ2v) is 5.44. The molecule has 8 nitrogen and oxygen atoms in total. The topological polar surface area (TPSA) is 119 Å². The summed E-state index contributed by atoms with van der Waals surface area (Å²) in [4.78, 5) is 36.5. The number of amides is 2. The van der Waals surface area contributed by atoms with Crippen LogP contribution in [0.3, 0.4) is 0 Å². The monoisotopic (exact) mass is 346 g/mol. The Morgan fingerprint density at radius 3 is 1.83 bits per heavy atom. The molecular formula is C16H30N2O6. The van der Waals surface area contributed by atoms with Crippen molar-refractivity contribution in [3.05, 3.63) is 0 Å². The second kappa shape index (κ2) is 13.6. The quantitative estimate of drug-likeness (QED) is 0.521. The number of nitrogens with two attached hydrogens (primary N) is 1. The molecule has 0 rings (SSSR count). The molecule has 24 heavy (non-hydrogen) atoms. The van der Waals surface area contributed by atoms with Crippen LogP contribution < -0.4 is 5.73 Å². The van der Waals surface area contributed by atoms with Gasteiger partial charge in [-0.05, 0) is 38.6 Å². The Kier molecular flexibility index (Phi) is 12.6. The molecule has 0 aliphatic heterocycles. The van der Waals surface area contributed by atoms with Gasteiger partial charge in [0.25, 0.3) is 0 Å². The molecule has 8 heteroatoms. The van der Waals surface area contributed by atoms with Crippen molar-refractivity contribution >= 4 is 18.2 Å². The number of unbranched alkanes of at least 4 members (excludes halogenated alkanes) is 3. The molecule has 0 bridgehead atoms. The summed E-state index contributed by atoms with van der Waals surface area (Å²) in [5.41, 5.74) is 5.40. The fraction of sp³-hybridized carbons (Fsp3) is 0.812. The third-order valence-electron chi connectivity index (χ3n) is 3.37. The number of carbonyl (C=O) groups is 3. The minimum Gasteiger partial charge on any atom is -0.480 e. The third-order valence-corrected chi connectivity index (χ3v) is 3.37. The zero-order valence-electron chi connectivity index (χ0n) is 14.7. The van der Waals surface area contributed by atoms with Crippen molar-refractivity contribution in [2.45, 2.75) is 64.8 Å². The molecule has 0 heterocycles. The number of nitrogens with zero attached hydrogens (tertiary/aromatic N) is 1. The Morgan fingerprint density at radius 1 is 0.958 bits per heavy atom. The van der Waals surface area contributed by atoms with Crippen LogP contribution in [-0.2, 0) is 14.3 Å². The molecule has 0 aliphatic rings. The van der Waals surface area contributed by atoms with E-state index in [1.54, 1.807) is 0 Å². The van der Waals surface area contributed by atoms with E-state index in [4.69, 9.17) is 15.2 Å². The molecule has 140 valence electrons. The highest BCUT2D eigenvalue weighted by Crippen LogP contribution is 2.14. The summed E-state index contributed by atoms with van der Waals surface area (Å²) in [6, 6.07) is -1.32. The molecule has 1 atom stereocenters. The van der Waals surface area contributed by atoms with E-state index in [2.05, 4.69) is 0 Å². The molecular weight excluding hydrogens is 316 g/mol. The van der Waals surface area contributed by atoms with Crippen molar-refractivity contribution < 1.29 is 29.0 Å². The Hall–Kier alpha value is -1.83.